The zero-order chi connectivity index (χ0) is 16.2. The number of carbonyl (C=O) groups is 1. The second-order valence-electron chi connectivity index (χ2n) is 4.94. The molecule has 0 aliphatic carbocycles. The van der Waals surface area contributed by atoms with E-state index in [0.717, 1.165) is 10.8 Å². The van der Waals surface area contributed by atoms with Crippen molar-refractivity contribution >= 4 is 45.6 Å². The molecule has 3 rings (SSSR count). The van der Waals surface area contributed by atoms with Crippen LogP contribution in [0.3, 0.4) is 0 Å². The van der Waals surface area contributed by atoms with Crippen molar-refractivity contribution in [1.82, 2.24) is 0 Å². The fraction of sp³-hybridized carbons (Fsp3) is 0.0556. The van der Waals surface area contributed by atoms with Gasteiger partial charge < -0.3 is 10.1 Å². The molecule has 0 heterocycles. The zero-order valence-electron chi connectivity index (χ0n) is 12.1. The molecule has 0 atom stereocenters. The molecule has 0 aliphatic heterocycles. The van der Waals surface area contributed by atoms with Gasteiger partial charge in [0, 0.05) is 0 Å². The van der Waals surface area contributed by atoms with Gasteiger partial charge in [0.15, 0.2) is 6.61 Å². The molecule has 3 aromatic rings. The predicted octanol–water partition coefficient (Wildman–Crippen LogP) is 5.16. The Kier molecular flexibility index (Phi) is 4.70. The second kappa shape index (κ2) is 6.90. The molecule has 0 spiro atoms. The topological polar surface area (TPSA) is 38.3 Å². The summed E-state index contributed by atoms with van der Waals surface area (Å²) in [4.78, 5) is 12.0. The number of hydrogen-bond donors (Lipinski definition) is 1. The van der Waals surface area contributed by atoms with Gasteiger partial charge in [-0.15, -0.1) is 0 Å². The third-order valence-electron chi connectivity index (χ3n) is 3.32. The molecule has 3 nitrogen and oxygen atoms in total. The number of amides is 1. The van der Waals surface area contributed by atoms with Crippen LogP contribution in [0.4, 0.5) is 5.69 Å². The van der Waals surface area contributed by atoms with Crippen molar-refractivity contribution in [2.75, 3.05) is 11.9 Å². The lowest BCUT2D eigenvalue weighted by atomic mass is 10.1. The maximum Gasteiger partial charge on any atom is 0.262 e. The first-order valence-electron chi connectivity index (χ1n) is 6.99. The molecule has 0 radical (unpaired) electrons. The SMILES string of the molecule is O=C(COc1ccc2ccccc2c1)Nc1c(Cl)cccc1Cl. The Labute approximate surface area is 143 Å². The number of nitrogens with one attached hydrogen (secondary N) is 1. The smallest absolute Gasteiger partial charge is 0.262 e. The summed E-state index contributed by atoms with van der Waals surface area (Å²) < 4.78 is 5.53. The van der Waals surface area contributed by atoms with Crippen molar-refractivity contribution in [2.24, 2.45) is 0 Å². The predicted molar refractivity (Wildman–Crippen MR) is 94.5 cm³/mol. The molecule has 0 saturated heterocycles. The van der Waals surface area contributed by atoms with Crippen LogP contribution in [0.1, 0.15) is 0 Å². The lowest BCUT2D eigenvalue weighted by Crippen LogP contribution is -2.20. The third kappa shape index (κ3) is 3.76. The Morgan fingerprint density at radius 2 is 1.61 bits per heavy atom. The molecule has 1 N–H and O–H groups in total. The summed E-state index contributed by atoms with van der Waals surface area (Å²) >= 11 is 12.0. The van der Waals surface area contributed by atoms with E-state index in [1.165, 1.54) is 0 Å². The maximum absolute atomic E-state index is 12.0. The average molecular weight is 346 g/mol. The highest BCUT2D eigenvalue weighted by molar-refractivity contribution is 6.39. The molecule has 0 unspecified atom stereocenters. The highest BCUT2D eigenvalue weighted by Gasteiger charge is 2.10. The van der Waals surface area contributed by atoms with Gasteiger partial charge in [0.25, 0.3) is 5.91 Å². The van der Waals surface area contributed by atoms with E-state index < -0.39 is 0 Å². The lowest BCUT2D eigenvalue weighted by molar-refractivity contribution is -0.118. The highest BCUT2D eigenvalue weighted by atomic mass is 35.5. The maximum atomic E-state index is 12.0. The Balaban J connectivity index is 1.66. The fourth-order valence-corrected chi connectivity index (χ4v) is 2.69. The number of hydrogen-bond acceptors (Lipinski definition) is 2. The molecule has 0 aliphatic rings. The van der Waals surface area contributed by atoms with Crippen molar-refractivity contribution in [2.45, 2.75) is 0 Å². The summed E-state index contributed by atoms with van der Waals surface area (Å²) in [5, 5.41) is 5.60. The van der Waals surface area contributed by atoms with E-state index in [-0.39, 0.29) is 12.5 Å². The second-order valence-corrected chi connectivity index (χ2v) is 5.76. The molecular weight excluding hydrogens is 333 g/mol. The largest absolute Gasteiger partial charge is 0.484 e. The summed E-state index contributed by atoms with van der Waals surface area (Å²) in [6.45, 7) is -0.125. The zero-order valence-corrected chi connectivity index (χ0v) is 13.6. The number of rotatable bonds is 4. The Morgan fingerprint density at radius 1 is 0.913 bits per heavy atom. The van der Waals surface area contributed by atoms with Crippen LogP contribution in [0.15, 0.2) is 60.7 Å². The van der Waals surface area contributed by atoms with Gasteiger partial charge in [-0.05, 0) is 35.0 Å². The summed E-state index contributed by atoms with van der Waals surface area (Å²) in [6.07, 6.45) is 0. The van der Waals surface area contributed by atoms with E-state index >= 15 is 0 Å². The van der Waals surface area contributed by atoms with Crippen LogP contribution in [0.5, 0.6) is 5.75 Å². The van der Waals surface area contributed by atoms with E-state index in [4.69, 9.17) is 27.9 Å². The molecule has 0 fully saturated rings. The van der Waals surface area contributed by atoms with Gasteiger partial charge in [-0.1, -0.05) is 59.6 Å². The van der Waals surface area contributed by atoms with Crippen LogP contribution in [0.2, 0.25) is 10.0 Å². The van der Waals surface area contributed by atoms with Crippen molar-refractivity contribution in [3.63, 3.8) is 0 Å². The van der Waals surface area contributed by atoms with Crippen molar-refractivity contribution < 1.29 is 9.53 Å². The van der Waals surface area contributed by atoms with Gasteiger partial charge in [0.05, 0.1) is 15.7 Å². The first-order chi connectivity index (χ1) is 11.1. The summed E-state index contributed by atoms with van der Waals surface area (Å²) in [6, 6.07) is 18.7. The van der Waals surface area contributed by atoms with Crippen LogP contribution < -0.4 is 10.1 Å². The Morgan fingerprint density at radius 3 is 2.35 bits per heavy atom. The molecule has 1 amide bonds. The van der Waals surface area contributed by atoms with Crippen LogP contribution >= 0.6 is 23.2 Å². The number of halogens is 2. The molecule has 0 saturated carbocycles. The van der Waals surface area contributed by atoms with Crippen LogP contribution in [0.25, 0.3) is 10.8 Å². The van der Waals surface area contributed by atoms with Crippen molar-refractivity contribution in [3.8, 4) is 5.75 Å². The van der Waals surface area contributed by atoms with Crippen LogP contribution in [0, 0.1) is 0 Å². The molecule has 5 heteroatoms. The van der Waals surface area contributed by atoms with E-state index in [1.54, 1.807) is 18.2 Å². The molecule has 23 heavy (non-hydrogen) atoms. The quantitative estimate of drug-likeness (QED) is 0.708. The normalized spacial score (nSPS) is 10.5. The standard InChI is InChI=1S/C18H13Cl2NO2/c19-15-6-3-7-16(20)18(15)21-17(22)11-23-14-9-8-12-4-1-2-5-13(12)10-14/h1-10H,11H2,(H,21,22). The van der Waals surface area contributed by atoms with Gasteiger partial charge >= 0.3 is 0 Å². The molecular formula is C18H13Cl2NO2. The van der Waals surface area contributed by atoms with E-state index in [9.17, 15) is 4.79 Å². The molecule has 0 aromatic heterocycles. The first kappa shape index (κ1) is 15.7. The monoisotopic (exact) mass is 345 g/mol. The average Bonchev–Trinajstić information content (AvgIpc) is 2.56. The number of anilines is 1. The first-order valence-corrected chi connectivity index (χ1v) is 7.74. The van der Waals surface area contributed by atoms with Crippen LogP contribution in [-0.2, 0) is 4.79 Å². The summed E-state index contributed by atoms with van der Waals surface area (Å²) in [5.74, 6) is 0.303. The van der Waals surface area contributed by atoms with Gasteiger partial charge in [0.1, 0.15) is 5.75 Å². The minimum absolute atomic E-state index is 0.125. The van der Waals surface area contributed by atoms with E-state index in [1.807, 2.05) is 42.5 Å². The van der Waals surface area contributed by atoms with Crippen molar-refractivity contribution in [1.29, 1.82) is 0 Å². The number of benzene rings is 3. The van der Waals surface area contributed by atoms with Gasteiger partial charge in [-0.3, -0.25) is 4.79 Å². The van der Waals surface area contributed by atoms with Crippen molar-refractivity contribution in [3.05, 3.63) is 70.7 Å². The Hall–Kier alpha value is -2.23. The van der Waals surface area contributed by atoms with Crippen LogP contribution in [-0.4, -0.2) is 12.5 Å². The number of carbonyl (C=O) groups excluding carboxylic acids is 1. The highest BCUT2D eigenvalue weighted by Crippen LogP contribution is 2.29. The number of fused-ring (bicyclic) bond motifs is 1. The summed E-state index contributed by atoms with van der Waals surface area (Å²) in [7, 11) is 0. The molecule has 3 aromatic carbocycles. The fourth-order valence-electron chi connectivity index (χ4n) is 2.20. The van der Waals surface area contributed by atoms with Gasteiger partial charge in [-0.25, -0.2) is 0 Å². The number of ether oxygens (including phenoxy) is 1. The molecule has 0 bridgehead atoms. The minimum atomic E-state index is -0.326. The Bertz CT molecular complexity index is 844. The molecule has 116 valence electrons. The van der Waals surface area contributed by atoms with Gasteiger partial charge in [0.2, 0.25) is 0 Å². The van der Waals surface area contributed by atoms with E-state index in [2.05, 4.69) is 5.32 Å². The third-order valence-corrected chi connectivity index (χ3v) is 3.95. The summed E-state index contributed by atoms with van der Waals surface area (Å²) in [5.41, 5.74) is 0.392. The van der Waals surface area contributed by atoms with Gasteiger partial charge in [-0.2, -0.15) is 0 Å². The lowest BCUT2D eigenvalue weighted by Gasteiger charge is -2.10. The minimum Gasteiger partial charge on any atom is -0.484 e. The van der Waals surface area contributed by atoms with E-state index in [0.29, 0.717) is 21.5 Å². The number of para-hydroxylation sites is 1.